The number of hydrogen-bond donors (Lipinski definition) is 0. The number of esters is 1. The van der Waals surface area contributed by atoms with Crippen LogP contribution in [0.3, 0.4) is 0 Å². The van der Waals surface area contributed by atoms with Crippen molar-refractivity contribution in [2.75, 3.05) is 0 Å². The molecule has 0 unspecified atom stereocenters. The molecule has 0 aromatic heterocycles. The molecule has 0 saturated heterocycles. The van der Waals surface area contributed by atoms with Crippen LogP contribution in [0.5, 0.6) is 0 Å². The minimum Gasteiger partial charge on any atom is -0.442 e. The summed E-state index contributed by atoms with van der Waals surface area (Å²) in [5.41, 5.74) is 0.730. The highest BCUT2D eigenvalue weighted by molar-refractivity contribution is 5.90. The van der Waals surface area contributed by atoms with E-state index in [-0.39, 0.29) is 16.8 Å². The molecule has 2 nitrogen and oxygen atoms in total. The molecule has 3 atom stereocenters. The van der Waals surface area contributed by atoms with E-state index in [0.717, 1.165) is 18.4 Å². The summed E-state index contributed by atoms with van der Waals surface area (Å²) in [5, 5.41) is 0. The molecule has 0 aliphatic heterocycles. The van der Waals surface area contributed by atoms with Crippen molar-refractivity contribution in [1.82, 2.24) is 0 Å². The highest BCUT2D eigenvalue weighted by Gasteiger charge is 2.70. The Kier molecular flexibility index (Phi) is 4.15. The van der Waals surface area contributed by atoms with Gasteiger partial charge in [0.1, 0.15) is 0 Å². The van der Waals surface area contributed by atoms with E-state index in [1.165, 1.54) is 6.42 Å². The van der Waals surface area contributed by atoms with E-state index in [9.17, 15) is 4.79 Å². The van der Waals surface area contributed by atoms with E-state index < -0.39 is 5.60 Å². The minimum atomic E-state index is -0.748. The molecule has 0 spiro atoms. The Labute approximate surface area is 161 Å². The Bertz CT molecular complexity index is 904. The molecule has 2 fully saturated rings. The van der Waals surface area contributed by atoms with Crippen LogP contribution >= 0.6 is 0 Å². The Morgan fingerprint density at radius 2 is 1.63 bits per heavy atom. The Morgan fingerprint density at radius 3 is 2.19 bits per heavy atom. The number of benzene rings is 2. The number of carbonyl (C=O) groups excluding carboxylic acids is 1. The van der Waals surface area contributed by atoms with Crippen molar-refractivity contribution < 1.29 is 9.53 Å². The van der Waals surface area contributed by atoms with Gasteiger partial charge in [0.2, 0.25) is 0 Å². The predicted molar refractivity (Wildman–Crippen MR) is 107 cm³/mol. The fourth-order valence-corrected chi connectivity index (χ4v) is 5.10. The third-order valence-corrected chi connectivity index (χ3v) is 7.32. The van der Waals surface area contributed by atoms with Crippen LogP contribution in [0.2, 0.25) is 0 Å². The normalized spacial score (nSPS) is 30.4. The first-order chi connectivity index (χ1) is 12.9. The van der Waals surface area contributed by atoms with E-state index >= 15 is 0 Å². The Hall–Kier alpha value is -2.53. The number of carbonyl (C=O) groups is 1. The Morgan fingerprint density at radius 1 is 1.00 bits per heavy atom. The van der Waals surface area contributed by atoms with Crippen molar-refractivity contribution in [2.24, 2.45) is 16.7 Å². The van der Waals surface area contributed by atoms with Gasteiger partial charge in [0.25, 0.3) is 0 Å². The van der Waals surface area contributed by atoms with Gasteiger partial charge in [-0.15, -0.1) is 0 Å². The second-order valence-corrected chi connectivity index (χ2v) is 8.69. The quantitative estimate of drug-likeness (QED) is 0.525. The smallest absolute Gasteiger partial charge is 0.339 e. The molecule has 0 radical (unpaired) electrons. The summed E-state index contributed by atoms with van der Waals surface area (Å²) in [6.07, 6.45) is 3.03. The summed E-state index contributed by atoms with van der Waals surface area (Å²) in [6, 6.07) is 19.2. The monoisotopic (exact) mass is 358 g/mol. The summed E-state index contributed by atoms with van der Waals surface area (Å²) in [7, 11) is 0. The molecule has 2 aliphatic carbocycles. The molecule has 2 saturated carbocycles. The SMILES string of the molecule is CC1(C)[C@H]2CC[C@@]1(C)[C@@](C#Cc1ccccc1)(OC(=O)c1ccccc1)C2. The molecule has 138 valence electrons. The average molecular weight is 358 g/mol. The number of ether oxygens (including phenoxy) is 1. The van der Waals surface area contributed by atoms with Crippen molar-refractivity contribution in [2.45, 2.75) is 45.6 Å². The lowest BCUT2D eigenvalue weighted by atomic mass is 9.64. The van der Waals surface area contributed by atoms with E-state index in [1.54, 1.807) is 12.1 Å². The lowest BCUT2D eigenvalue weighted by molar-refractivity contribution is -0.0657. The van der Waals surface area contributed by atoms with Gasteiger partial charge < -0.3 is 4.74 Å². The first-order valence-electron chi connectivity index (χ1n) is 9.75. The standard InChI is InChI=1S/C25H26O2/c1-23(2)21-15-16-24(23,3)25(18-21,17-14-19-10-6-4-7-11-19)27-22(26)20-12-8-5-9-13-20/h4-13,21H,15-16,18H2,1-3H3/t21-,24+,25-/m0/s1. The second kappa shape index (κ2) is 6.27. The third kappa shape index (κ3) is 2.69. The van der Waals surface area contributed by atoms with Crippen molar-refractivity contribution in [3.8, 4) is 11.8 Å². The van der Waals surface area contributed by atoms with Crippen LogP contribution in [0.25, 0.3) is 0 Å². The van der Waals surface area contributed by atoms with E-state index in [4.69, 9.17) is 4.74 Å². The number of rotatable bonds is 2. The summed E-state index contributed by atoms with van der Waals surface area (Å²) < 4.78 is 6.27. The number of fused-ring (bicyclic) bond motifs is 2. The van der Waals surface area contributed by atoms with Gasteiger partial charge in [-0.3, -0.25) is 0 Å². The molecule has 2 heteroatoms. The summed E-state index contributed by atoms with van der Waals surface area (Å²) in [4.78, 5) is 13.0. The van der Waals surface area contributed by atoms with Crippen molar-refractivity contribution >= 4 is 5.97 Å². The zero-order valence-corrected chi connectivity index (χ0v) is 16.3. The molecule has 0 amide bonds. The van der Waals surface area contributed by atoms with Gasteiger partial charge in [-0.2, -0.15) is 0 Å². The number of hydrogen-bond acceptors (Lipinski definition) is 2. The van der Waals surface area contributed by atoms with Crippen LogP contribution in [0.4, 0.5) is 0 Å². The zero-order chi connectivity index (χ0) is 19.1. The van der Waals surface area contributed by atoms with E-state index in [1.807, 2.05) is 48.5 Å². The minimum absolute atomic E-state index is 0.0926. The zero-order valence-electron chi connectivity index (χ0n) is 16.3. The maximum Gasteiger partial charge on any atom is 0.339 e. The molecule has 2 aromatic carbocycles. The van der Waals surface area contributed by atoms with E-state index in [0.29, 0.717) is 11.5 Å². The van der Waals surface area contributed by atoms with Gasteiger partial charge in [-0.25, -0.2) is 4.79 Å². The van der Waals surface area contributed by atoms with Crippen LogP contribution in [-0.4, -0.2) is 11.6 Å². The summed E-state index contributed by atoms with van der Waals surface area (Å²) in [6.45, 7) is 6.89. The lowest BCUT2D eigenvalue weighted by Crippen LogP contribution is -2.49. The largest absolute Gasteiger partial charge is 0.442 e. The first kappa shape index (κ1) is 17.9. The van der Waals surface area contributed by atoms with Gasteiger partial charge in [-0.1, -0.05) is 63.1 Å². The van der Waals surface area contributed by atoms with E-state index in [2.05, 4.69) is 32.6 Å². The van der Waals surface area contributed by atoms with Crippen LogP contribution in [0, 0.1) is 28.6 Å². The second-order valence-electron chi connectivity index (χ2n) is 8.69. The molecule has 0 heterocycles. The average Bonchev–Trinajstić information content (AvgIpc) is 3.00. The van der Waals surface area contributed by atoms with Gasteiger partial charge >= 0.3 is 5.97 Å². The molecular formula is C25H26O2. The molecule has 0 N–H and O–H groups in total. The predicted octanol–water partition coefficient (Wildman–Crippen LogP) is 5.48. The van der Waals surface area contributed by atoms with Crippen LogP contribution in [0.15, 0.2) is 60.7 Å². The molecule has 2 aliphatic rings. The van der Waals surface area contributed by atoms with Crippen LogP contribution in [-0.2, 0) is 4.74 Å². The molecule has 27 heavy (non-hydrogen) atoms. The van der Waals surface area contributed by atoms with Crippen LogP contribution in [0.1, 0.15) is 56.0 Å². The molecule has 2 aromatic rings. The molecule has 2 bridgehead atoms. The highest BCUT2D eigenvalue weighted by atomic mass is 16.6. The van der Waals surface area contributed by atoms with Gasteiger partial charge in [-0.05, 0) is 54.4 Å². The van der Waals surface area contributed by atoms with Crippen molar-refractivity contribution in [1.29, 1.82) is 0 Å². The van der Waals surface area contributed by atoms with Gasteiger partial charge in [0, 0.05) is 17.4 Å². The lowest BCUT2D eigenvalue weighted by Gasteiger charge is -2.44. The maximum absolute atomic E-state index is 13.0. The third-order valence-electron chi connectivity index (χ3n) is 7.32. The Balaban J connectivity index is 1.76. The van der Waals surface area contributed by atoms with Crippen molar-refractivity contribution in [3.05, 3.63) is 71.8 Å². The topological polar surface area (TPSA) is 26.3 Å². The fraction of sp³-hybridized carbons (Fsp3) is 0.400. The molecule has 4 rings (SSSR count). The highest BCUT2D eigenvalue weighted by Crippen LogP contribution is 2.70. The van der Waals surface area contributed by atoms with Crippen LogP contribution < -0.4 is 0 Å². The summed E-state index contributed by atoms with van der Waals surface area (Å²) >= 11 is 0. The molecular weight excluding hydrogens is 332 g/mol. The fourth-order valence-electron chi connectivity index (χ4n) is 5.10. The maximum atomic E-state index is 13.0. The van der Waals surface area contributed by atoms with Gasteiger partial charge in [0.05, 0.1) is 5.56 Å². The van der Waals surface area contributed by atoms with Crippen molar-refractivity contribution in [3.63, 3.8) is 0 Å². The summed E-state index contributed by atoms with van der Waals surface area (Å²) in [5.74, 6) is 7.00. The van der Waals surface area contributed by atoms with Gasteiger partial charge in [0.15, 0.2) is 5.60 Å². The first-order valence-corrected chi connectivity index (χ1v) is 9.75.